The summed E-state index contributed by atoms with van der Waals surface area (Å²) >= 11 is 12.2. The van der Waals surface area contributed by atoms with Crippen molar-refractivity contribution in [1.82, 2.24) is 9.78 Å². The maximum atomic E-state index is 13.4. The average Bonchev–Trinajstić information content (AvgIpc) is 3.23. The van der Waals surface area contributed by atoms with Crippen molar-refractivity contribution in [3.63, 3.8) is 0 Å². The summed E-state index contributed by atoms with van der Waals surface area (Å²) in [4.78, 5) is 12.0. The van der Waals surface area contributed by atoms with Gasteiger partial charge in [0.15, 0.2) is 0 Å². The number of aromatic nitrogens is 2. The van der Waals surface area contributed by atoms with Crippen molar-refractivity contribution < 1.29 is 13.6 Å². The van der Waals surface area contributed by atoms with E-state index in [0.717, 1.165) is 29.5 Å². The molecule has 1 aromatic carbocycles. The lowest BCUT2D eigenvalue weighted by Crippen LogP contribution is -2.15. The number of halogens is 4. The van der Waals surface area contributed by atoms with Gasteiger partial charge in [-0.15, -0.1) is 0 Å². The van der Waals surface area contributed by atoms with Gasteiger partial charge in [0.1, 0.15) is 10.2 Å². The normalized spacial score (nSPS) is 20.8. The van der Waals surface area contributed by atoms with Crippen LogP contribution in [-0.2, 0) is 7.05 Å². The number of nitrogens with two attached hydrogens (primary N) is 1. The summed E-state index contributed by atoms with van der Waals surface area (Å²) < 4.78 is 28.3. The van der Waals surface area contributed by atoms with E-state index in [1.54, 1.807) is 6.07 Å². The first kappa shape index (κ1) is 17.5. The van der Waals surface area contributed by atoms with Crippen LogP contribution < -0.4 is 5.73 Å². The fourth-order valence-corrected chi connectivity index (χ4v) is 5.03. The van der Waals surface area contributed by atoms with E-state index in [-0.39, 0.29) is 21.9 Å². The van der Waals surface area contributed by atoms with Gasteiger partial charge < -0.3 is 5.73 Å². The van der Waals surface area contributed by atoms with Crippen LogP contribution in [0.4, 0.5) is 8.78 Å². The third kappa shape index (κ3) is 2.32. The zero-order valence-corrected chi connectivity index (χ0v) is 15.3. The van der Waals surface area contributed by atoms with Gasteiger partial charge in [0, 0.05) is 24.4 Å². The first-order chi connectivity index (χ1) is 12.3. The van der Waals surface area contributed by atoms with Crippen molar-refractivity contribution in [3.05, 3.63) is 50.6 Å². The first-order valence-electron chi connectivity index (χ1n) is 8.16. The van der Waals surface area contributed by atoms with Gasteiger partial charge in [-0.05, 0) is 29.5 Å². The molecule has 0 unspecified atom stereocenters. The molecule has 0 aliphatic heterocycles. The van der Waals surface area contributed by atoms with E-state index in [9.17, 15) is 13.6 Å². The molecule has 0 radical (unpaired) electrons. The second kappa shape index (κ2) is 6.06. The van der Waals surface area contributed by atoms with E-state index in [0.29, 0.717) is 11.3 Å². The van der Waals surface area contributed by atoms with Gasteiger partial charge >= 0.3 is 0 Å². The van der Waals surface area contributed by atoms with Crippen LogP contribution in [0.25, 0.3) is 11.3 Å². The van der Waals surface area contributed by atoms with Crippen molar-refractivity contribution >= 4 is 29.1 Å². The molecule has 2 aliphatic carbocycles. The number of carbonyl (C=O) groups is 1. The predicted octanol–water partition coefficient (Wildman–Crippen LogP) is 4.79. The SMILES string of the molecule is Cn1nc(C(F)F)c(C(N)=O)c1-c1cccc2c1[C@@H]1CC[C@H]2C1=C(Cl)Cl. The Morgan fingerprint density at radius 2 is 2.00 bits per heavy atom. The Kier molecular flexibility index (Phi) is 4.08. The molecule has 1 saturated carbocycles. The molecule has 2 aromatic rings. The van der Waals surface area contributed by atoms with Crippen LogP contribution in [0.3, 0.4) is 0 Å². The minimum Gasteiger partial charge on any atom is -0.365 e. The summed E-state index contributed by atoms with van der Waals surface area (Å²) in [6, 6.07) is 5.64. The standard InChI is InChI=1S/C18H15Cl2F2N3O/c1-25-15(13(18(23)26)14(24-25)17(21)22)10-4-2-3-7-8-5-6-9(11(7)10)12(8)16(19)20/h2-4,8-9,17H,5-6H2,1H3,(H2,23,26)/t8-,9+/m1/s1. The molecule has 2 atom stereocenters. The number of rotatable bonds is 3. The highest BCUT2D eigenvalue weighted by molar-refractivity contribution is 6.56. The van der Waals surface area contributed by atoms with E-state index in [1.807, 2.05) is 12.1 Å². The molecule has 1 amide bonds. The van der Waals surface area contributed by atoms with Crippen LogP contribution in [0.2, 0.25) is 0 Å². The molecule has 4 nitrogen and oxygen atoms in total. The molecular weight excluding hydrogens is 383 g/mol. The minimum atomic E-state index is -2.89. The van der Waals surface area contributed by atoms with E-state index in [2.05, 4.69) is 5.10 Å². The Morgan fingerprint density at radius 3 is 2.62 bits per heavy atom. The number of benzene rings is 1. The van der Waals surface area contributed by atoms with Crippen molar-refractivity contribution in [2.45, 2.75) is 31.1 Å². The minimum absolute atomic E-state index is 0.0156. The molecular formula is C18H15Cl2F2N3O. The lowest BCUT2D eigenvalue weighted by molar-refractivity contribution is 0.0985. The van der Waals surface area contributed by atoms with Crippen molar-refractivity contribution in [2.75, 3.05) is 0 Å². The molecule has 2 aliphatic rings. The van der Waals surface area contributed by atoms with Gasteiger partial charge in [-0.3, -0.25) is 9.48 Å². The van der Waals surface area contributed by atoms with Gasteiger partial charge in [-0.2, -0.15) is 5.10 Å². The lowest BCUT2D eigenvalue weighted by atomic mass is 9.86. The third-order valence-electron chi connectivity index (χ3n) is 5.36. The maximum absolute atomic E-state index is 13.4. The molecule has 136 valence electrons. The lowest BCUT2D eigenvalue weighted by Gasteiger charge is -2.19. The maximum Gasteiger partial charge on any atom is 0.282 e. The molecule has 0 saturated heterocycles. The van der Waals surface area contributed by atoms with E-state index in [1.165, 1.54) is 11.7 Å². The van der Waals surface area contributed by atoms with Gasteiger partial charge in [0.05, 0.1) is 11.3 Å². The fraction of sp³-hybridized carbons (Fsp3) is 0.333. The summed E-state index contributed by atoms with van der Waals surface area (Å²) in [6.45, 7) is 0. The summed E-state index contributed by atoms with van der Waals surface area (Å²) in [5, 5.41) is 3.85. The molecule has 1 fully saturated rings. The number of nitrogens with zero attached hydrogens (tertiary/aromatic N) is 2. The van der Waals surface area contributed by atoms with E-state index in [4.69, 9.17) is 28.9 Å². The Hall–Kier alpha value is -1.92. The largest absolute Gasteiger partial charge is 0.365 e. The molecule has 26 heavy (non-hydrogen) atoms. The van der Waals surface area contributed by atoms with Crippen LogP contribution in [-0.4, -0.2) is 15.7 Å². The van der Waals surface area contributed by atoms with E-state index < -0.39 is 18.0 Å². The highest BCUT2D eigenvalue weighted by atomic mass is 35.5. The van der Waals surface area contributed by atoms with Crippen LogP contribution in [0.1, 0.15) is 58.3 Å². The second-order valence-corrected chi connectivity index (χ2v) is 7.55. The molecule has 4 rings (SSSR count). The Balaban J connectivity index is 2.00. The Labute approximate surface area is 158 Å². The molecule has 0 spiro atoms. The van der Waals surface area contributed by atoms with Crippen LogP contribution in [0.15, 0.2) is 28.3 Å². The van der Waals surface area contributed by atoms with Crippen molar-refractivity contribution in [3.8, 4) is 11.3 Å². The number of hydrogen-bond acceptors (Lipinski definition) is 2. The molecule has 2 bridgehead atoms. The number of allylic oxidation sites excluding steroid dienone is 1. The zero-order valence-electron chi connectivity index (χ0n) is 13.8. The van der Waals surface area contributed by atoms with Gasteiger partial charge in [-0.25, -0.2) is 8.78 Å². The number of primary amides is 1. The first-order valence-corrected chi connectivity index (χ1v) is 8.91. The topological polar surface area (TPSA) is 60.9 Å². The van der Waals surface area contributed by atoms with E-state index >= 15 is 0 Å². The van der Waals surface area contributed by atoms with Crippen LogP contribution in [0, 0.1) is 0 Å². The fourth-order valence-electron chi connectivity index (χ4n) is 4.51. The third-order valence-corrected chi connectivity index (χ3v) is 5.80. The highest BCUT2D eigenvalue weighted by Crippen LogP contribution is 2.60. The second-order valence-electron chi connectivity index (χ2n) is 6.60. The number of amides is 1. The summed E-state index contributed by atoms with van der Waals surface area (Å²) in [6.07, 6.45) is -1.08. The highest BCUT2D eigenvalue weighted by Gasteiger charge is 2.45. The summed E-state index contributed by atoms with van der Waals surface area (Å²) in [7, 11) is 1.53. The predicted molar refractivity (Wildman–Crippen MR) is 95.6 cm³/mol. The van der Waals surface area contributed by atoms with Gasteiger partial charge in [-0.1, -0.05) is 41.4 Å². The number of aryl methyl sites for hydroxylation is 1. The monoisotopic (exact) mass is 397 g/mol. The summed E-state index contributed by atoms with van der Waals surface area (Å²) in [5.74, 6) is -0.781. The molecule has 2 N–H and O–H groups in total. The van der Waals surface area contributed by atoms with Crippen molar-refractivity contribution in [1.29, 1.82) is 0 Å². The van der Waals surface area contributed by atoms with Gasteiger partial charge in [0.25, 0.3) is 12.3 Å². The number of hydrogen-bond donors (Lipinski definition) is 1. The molecule has 1 heterocycles. The smallest absolute Gasteiger partial charge is 0.282 e. The number of fused-ring (bicyclic) bond motifs is 5. The average molecular weight is 398 g/mol. The van der Waals surface area contributed by atoms with Gasteiger partial charge in [0.2, 0.25) is 0 Å². The van der Waals surface area contributed by atoms with Crippen LogP contribution in [0.5, 0.6) is 0 Å². The quantitative estimate of drug-likeness (QED) is 0.809. The summed E-state index contributed by atoms with van der Waals surface area (Å²) in [5.41, 5.74) is 8.59. The van der Waals surface area contributed by atoms with Crippen LogP contribution >= 0.6 is 23.2 Å². The number of carbonyl (C=O) groups excluding carboxylic acids is 1. The van der Waals surface area contributed by atoms with Crippen molar-refractivity contribution in [2.24, 2.45) is 12.8 Å². The number of alkyl halides is 2. The molecule has 1 aromatic heterocycles. The Morgan fingerprint density at radius 1 is 1.31 bits per heavy atom. The zero-order chi connectivity index (χ0) is 18.7. The molecule has 8 heteroatoms. The Bertz CT molecular complexity index is 964.